The monoisotopic (exact) mass is 420 g/mol. The van der Waals surface area contributed by atoms with E-state index in [1.54, 1.807) is 18.2 Å². The molecule has 0 bridgehead atoms. The molecule has 2 aromatic rings. The van der Waals surface area contributed by atoms with Crippen LogP contribution >= 0.6 is 46.1 Å². The first-order valence-corrected chi connectivity index (χ1v) is 9.45. The third kappa shape index (κ3) is 4.35. The van der Waals surface area contributed by atoms with Gasteiger partial charge in [0.15, 0.2) is 5.13 Å². The lowest BCUT2D eigenvalue weighted by molar-refractivity contribution is -0.115. The predicted molar refractivity (Wildman–Crippen MR) is 102 cm³/mol. The van der Waals surface area contributed by atoms with Gasteiger partial charge in [-0.2, -0.15) is 0 Å². The van der Waals surface area contributed by atoms with E-state index in [1.807, 2.05) is 11.9 Å². The van der Waals surface area contributed by atoms with Crippen molar-refractivity contribution in [1.29, 1.82) is 0 Å². The van der Waals surface area contributed by atoms with E-state index in [1.165, 1.54) is 11.3 Å². The highest BCUT2D eigenvalue weighted by Crippen LogP contribution is 2.31. The minimum absolute atomic E-state index is 0.00437. The van der Waals surface area contributed by atoms with Crippen molar-refractivity contribution >= 4 is 73.3 Å². The van der Waals surface area contributed by atoms with Crippen molar-refractivity contribution in [2.75, 3.05) is 38.5 Å². The molecule has 0 saturated carbocycles. The Morgan fingerprint density at radius 3 is 2.52 bits per heavy atom. The number of anilines is 1. The molecule has 134 valence electrons. The van der Waals surface area contributed by atoms with Crippen LogP contribution in [-0.2, 0) is 4.79 Å². The van der Waals surface area contributed by atoms with Crippen molar-refractivity contribution in [3.63, 3.8) is 0 Å². The van der Waals surface area contributed by atoms with Crippen LogP contribution in [0.1, 0.15) is 10.4 Å². The second kappa shape index (κ2) is 7.25. The molecule has 1 fully saturated rings. The van der Waals surface area contributed by atoms with Crippen LogP contribution in [0.4, 0.5) is 5.13 Å². The minimum atomic E-state index is -2.06. The molecule has 25 heavy (non-hydrogen) atoms. The minimum Gasteiger partial charge on any atom is -0.336 e. The number of carbonyl (C=O) groups is 2. The van der Waals surface area contributed by atoms with Gasteiger partial charge in [0.05, 0.1) is 10.2 Å². The van der Waals surface area contributed by atoms with Crippen LogP contribution in [0, 0.1) is 0 Å². The van der Waals surface area contributed by atoms with Crippen LogP contribution < -0.4 is 5.32 Å². The van der Waals surface area contributed by atoms with Gasteiger partial charge in [-0.25, -0.2) is 4.98 Å². The molecular weight excluding hydrogens is 407 g/mol. The lowest BCUT2D eigenvalue weighted by Gasteiger charge is -2.32. The molecule has 10 heteroatoms. The van der Waals surface area contributed by atoms with Gasteiger partial charge >= 0.3 is 0 Å². The van der Waals surface area contributed by atoms with E-state index < -0.39 is 9.70 Å². The summed E-state index contributed by atoms with van der Waals surface area (Å²) in [6, 6.07) is 5.27. The second-order valence-corrected chi connectivity index (χ2v) is 9.06. The van der Waals surface area contributed by atoms with Crippen molar-refractivity contribution < 1.29 is 9.59 Å². The largest absolute Gasteiger partial charge is 0.336 e. The summed E-state index contributed by atoms with van der Waals surface area (Å²) in [6.45, 7) is 3.14. The van der Waals surface area contributed by atoms with Crippen molar-refractivity contribution in [3.05, 3.63) is 23.8 Å². The zero-order valence-electron chi connectivity index (χ0n) is 13.3. The number of fused-ring (bicyclic) bond motifs is 1. The fraction of sp³-hybridized carbons (Fsp3) is 0.400. The van der Waals surface area contributed by atoms with Crippen LogP contribution in [0.15, 0.2) is 18.2 Å². The molecule has 0 unspecified atom stereocenters. The number of aromatic nitrogens is 1. The van der Waals surface area contributed by atoms with E-state index in [4.69, 9.17) is 34.8 Å². The molecule has 6 nitrogen and oxygen atoms in total. The molecule has 0 atom stereocenters. The average molecular weight is 422 g/mol. The molecule has 0 radical (unpaired) electrons. The molecule has 0 spiro atoms. The number of hydrogen-bond donors (Lipinski definition) is 1. The Hall–Kier alpha value is -1.12. The number of hydrogen-bond acceptors (Lipinski definition) is 5. The Labute approximate surface area is 163 Å². The average Bonchev–Trinajstić information content (AvgIpc) is 2.95. The topological polar surface area (TPSA) is 65.5 Å². The number of nitrogens with one attached hydrogen (secondary N) is 1. The Balaban J connectivity index is 1.78. The number of rotatable bonds is 2. The van der Waals surface area contributed by atoms with E-state index in [0.717, 1.165) is 17.8 Å². The lowest BCUT2D eigenvalue weighted by Crippen LogP contribution is -2.47. The third-order valence-corrected chi connectivity index (χ3v) is 5.35. The van der Waals surface area contributed by atoms with Gasteiger partial charge in [-0.3, -0.25) is 14.9 Å². The Morgan fingerprint density at radius 1 is 1.20 bits per heavy atom. The Morgan fingerprint density at radius 2 is 1.88 bits per heavy atom. The maximum atomic E-state index is 12.6. The molecule has 1 aromatic carbocycles. The molecule has 3 rings (SSSR count). The van der Waals surface area contributed by atoms with Gasteiger partial charge in [0.2, 0.25) is 0 Å². The maximum absolute atomic E-state index is 12.6. The summed E-state index contributed by atoms with van der Waals surface area (Å²) in [5.74, 6) is -0.777. The molecule has 2 amide bonds. The van der Waals surface area contributed by atoms with Crippen molar-refractivity contribution in [2.45, 2.75) is 3.79 Å². The molecule has 1 aliphatic rings. The summed E-state index contributed by atoms with van der Waals surface area (Å²) in [4.78, 5) is 32.6. The Kier molecular flexibility index (Phi) is 5.41. The zero-order valence-corrected chi connectivity index (χ0v) is 16.3. The molecule has 1 aliphatic heterocycles. The normalized spacial score (nSPS) is 16.2. The van der Waals surface area contributed by atoms with Crippen LogP contribution in [0.25, 0.3) is 10.2 Å². The number of benzene rings is 1. The number of thiazole rings is 1. The number of likely N-dealkylation sites (N-methyl/N-ethyl adjacent to an activating group) is 1. The van der Waals surface area contributed by atoms with E-state index in [9.17, 15) is 9.59 Å². The molecule has 1 N–H and O–H groups in total. The number of carbonyl (C=O) groups excluding carboxylic acids is 2. The first kappa shape index (κ1) is 18.7. The van der Waals surface area contributed by atoms with Crippen LogP contribution in [0.2, 0.25) is 0 Å². The van der Waals surface area contributed by atoms with E-state index in [-0.39, 0.29) is 5.91 Å². The van der Waals surface area contributed by atoms with Gasteiger partial charge in [0.1, 0.15) is 0 Å². The van der Waals surface area contributed by atoms with Crippen molar-refractivity contribution in [2.24, 2.45) is 0 Å². The predicted octanol–water partition coefficient (Wildman–Crippen LogP) is 2.99. The lowest BCUT2D eigenvalue weighted by atomic mass is 10.1. The summed E-state index contributed by atoms with van der Waals surface area (Å²) in [5.41, 5.74) is 1.26. The summed E-state index contributed by atoms with van der Waals surface area (Å²) < 4.78 is -1.28. The summed E-state index contributed by atoms with van der Waals surface area (Å²) in [6.07, 6.45) is 0. The quantitative estimate of drug-likeness (QED) is 0.757. The van der Waals surface area contributed by atoms with E-state index >= 15 is 0 Å². The highest BCUT2D eigenvalue weighted by Gasteiger charge is 2.31. The zero-order chi connectivity index (χ0) is 18.2. The molecule has 1 saturated heterocycles. The number of amides is 2. The fourth-order valence-electron chi connectivity index (χ4n) is 2.47. The fourth-order valence-corrected chi connectivity index (χ4v) is 3.51. The van der Waals surface area contributed by atoms with Gasteiger partial charge in [-0.05, 0) is 25.2 Å². The van der Waals surface area contributed by atoms with Crippen molar-refractivity contribution in [3.8, 4) is 0 Å². The smallest absolute Gasteiger partial charge is 0.278 e. The molecular formula is C15H15Cl3N4O2S. The second-order valence-electron chi connectivity index (χ2n) is 5.75. The van der Waals surface area contributed by atoms with Gasteiger partial charge in [-0.1, -0.05) is 46.1 Å². The summed E-state index contributed by atoms with van der Waals surface area (Å²) >= 11 is 17.8. The third-order valence-electron chi connectivity index (χ3n) is 3.90. The number of piperazine rings is 1. The van der Waals surface area contributed by atoms with Gasteiger partial charge in [0, 0.05) is 31.7 Å². The molecule has 1 aromatic heterocycles. The van der Waals surface area contributed by atoms with Crippen LogP contribution in [-0.4, -0.2) is 63.6 Å². The number of nitrogens with zero attached hydrogens (tertiary/aromatic N) is 3. The van der Waals surface area contributed by atoms with Gasteiger partial charge < -0.3 is 9.80 Å². The summed E-state index contributed by atoms with van der Waals surface area (Å²) in [7, 11) is 2.04. The first-order valence-electron chi connectivity index (χ1n) is 7.50. The van der Waals surface area contributed by atoms with Crippen LogP contribution in [0.3, 0.4) is 0 Å². The highest BCUT2D eigenvalue weighted by molar-refractivity contribution is 7.22. The number of halogens is 3. The van der Waals surface area contributed by atoms with Gasteiger partial charge in [0.25, 0.3) is 15.6 Å². The first-order chi connectivity index (χ1) is 11.7. The van der Waals surface area contributed by atoms with Crippen molar-refractivity contribution in [1.82, 2.24) is 14.8 Å². The number of alkyl halides is 3. The summed E-state index contributed by atoms with van der Waals surface area (Å²) in [5, 5.41) is 2.78. The Bertz CT molecular complexity index is 813. The molecule has 0 aliphatic carbocycles. The van der Waals surface area contributed by atoms with E-state index in [0.29, 0.717) is 29.3 Å². The van der Waals surface area contributed by atoms with Gasteiger partial charge in [-0.15, -0.1) is 0 Å². The molecule has 2 heterocycles. The van der Waals surface area contributed by atoms with E-state index in [2.05, 4.69) is 15.2 Å². The highest BCUT2D eigenvalue weighted by atomic mass is 35.6. The standard InChI is InChI=1S/C15H15Cl3N4O2S/c1-21-4-6-22(7-5-21)12(23)9-2-3-10-11(8-9)25-14(19-10)20-13(24)15(16,17)18/h2-3,8H,4-7H2,1H3,(H,19,20,24). The SMILES string of the molecule is CN1CCN(C(=O)c2ccc3nc(NC(=O)C(Cl)(Cl)Cl)sc3c2)CC1. The maximum Gasteiger partial charge on any atom is 0.278 e. The van der Waals surface area contributed by atoms with Crippen LogP contribution in [0.5, 0.6) is 0 Å².